The second-order valence-electron chi connectivity index (χ2n) is 0.408. The summed E-state index contributed by atoms with van der Waals surface area (Å²) >= 11 is 0. The maximum atomic E-state index is 4.91. The Balaban J connectivity index is 0. The first-order valence-electron chi connectivity index (χ1n) is 1.12. The van der Waals surface area contributed by atoms with Crippen LogP contribution in [0.2, 0.25) is 5.94 Å². The van der Waals surface area contributed by atoms with Crippen LogP contribution in [-0.2, 0) is 17.1 Å². The molecule has 0 saturated heterocycles. The van der Waals surface area contributed by atoms with Crippen molar-refractivity contribution in [3.8, 4) is 0 Å². The van der Waals surface area contributed by atoms with E-state index in [0.29, 0.717) is 0 Å². The molecule has 0 aromatic rings. The summed E-state index contributed by atoms with van der Waals surface area (Å²) in [6.45, 7) is 0. The van der Waals surface area contributed by atoms with Crippen LogP contribution in [0.1, 0.15) is 0 Å². The largest absolute Gasteiger partial charge is 0.1000 e. The van der Waals surface area contributed by atoms with E-state index >= 15 is 0 Å². The van der Waals surface area contributed by atoms with Crippen LogP contribution < -0.4 is 0 Å². The van der Waals surface area contributed by atoms with Gasteiger partial charge in [0.25, 0.3) is 0 Å². The van der Waals surface area contributed by atoms with Gasteiger partial charge in [0, 0.05) is 17.1 Å². The maximum absolute atomic E-state index is 4.91. The second kappa shape index (κ2) is 9.19. The van der Waals surface area contributed by atoms with Crippen molar-refractivity contribution < 1.29 is 17.1 Å². The van der Waals surface area contributed by atoms with E-state index in [0.717, 1.165) is 16.2 Å². The van der Waals surface area contributed by atoms with Crippen LogP contribution >= 0.6 is 0 Å². The van der Waals surface area contributed by atoms with Gasteiger partial charge in [0.1, 0.15) is 0 Å². The van der Waals surface area contributed by atoms with Gasteiger partial charge in [-0.2, -0.15) is 0 Å². The van der Waals surface area contributed by atoms with Crippen LogP contribution in [0.4, 0.5) is 0 Å². The van der Waals surface area contributed by atoms with Gasteiger partial charge in [0.15, 0.2) is 0 Å². The van der Waals surface area contributed by atoms with Gasteiger partial charge in [-0.25, -0.2) is 0 Å². The van der Waals surface area contributed by atoms with Crippen LogP contribution in [-0.4, -0.2) is 18.1 Å². The van der Waals surface area contributed by atoms with E-state index in [1.54, 1.807) is 0 Å². The van der Waals surface area contributed by atoms with Gasteiger partial charge in [-0.15, -0.1) is 0 Å². The number of hydrogen-bond acceptors (Lipinski definition) is 0. The van der Waals surface area contributed by atoms with E-state index in [9.17, 15) is 0 Å². The third-order valence-corrected chi connectivity index (χ3v) is 0. The summed E-state index contributed by atoms with van der Waals surface area (Å²) in [5.74, 6) is 0.889. The predicted octanol–water partition coefficient (Wildman–Crippen LogP) is -1.11. The van der Waals surface area contributed by atoms with Crippen LogP contribution in [0.15, 0.2) is 0 Å². The summed E-state index contributed by atoms with van der Waals surface area (Å²) in [4.78, 5) is 0. The van der Waals surface area contributed by atoms with E-state index in [2.05, 4.69) is 0 Å². The van der Waals surface area contributed by atoms with Gasteiger partial charge in [-0.3, -0.25) is 0 Å². The van der Waals surface area contributed by atoms with Crippen molar-refractivity contribution in [3.05, 3.63) is 0 Å². The molecule has 0 nitrogen and oxygen atoms in total. The first-order valence-corrected chi connectivity index (χ1v) is 2.53. The number of rotatable bonds is 0. The summed E-state index contributed by atoms with van der Waals surface area (Å²) in [5, 5.41) is 0. The Morgan fingerprint density at radius 2 is 1.75 bits per heavy atom. The van der Waals surface area contributed by atoms with E-state index < -0.39 is 0 Å². The molecular weight excluding hydrogens is 107 g/mol. The molecular formula is CH5BFeSi. The molecule has 0 aromatic carbocycles. The smallest absolute Gasteiger partial charge is 0.0602 e. The second-order valence-corrected chi connectivity index (χ2v) is 1.22. The molecule has 0 aliphatic heterocycles. The third-order valence-electron chi connectivity index (χ3n) is 0. The van der Waals surface area contributed by atoms with Gasteiger partial charge in [0.05, 0.1) is 7.85 Å². The number of hydrogen-bond donors (Lipinski definition) is 0. The predicted molar refractivity (Wildman–Crippen MR) is 20.5 cm³/mol. The monoisotopic (exact) mass is 112 g/mol. The molecule has 0 fully saturated rings. The molecule has 0 amide bonds. The molecule has 0 atom stereocenters. The minimum absolute atomic E-state index is 0. The molecule has 0 aliphatic carbocycles. The van der Waals surface area contributed by atoms with Crippen molar-refractivity contribution in [1.29, 1.82) is 0 Å². The molecule has 3 heteroatoms. The van der Waals surface area contributed by atoms with Gasteiger partial charge in [-0.05, 0) is 10.2 Å². The van der Waals surface area contributed by atoms with Gasteiger partial charge >= 0.3 is 0 Å². The van der Waals surface area contributed by atoms with E-state index in [4.69, 9.17) is 7.85 Å². The van der Waals surface area contributed by atoms with Crippen molar-refractivity contribution in [2.24, 2.45) is 0 Å². The van der Waals surface area contributed by atoms with Crippen molar-refractivity contribution in [2.75, 3.05) is 0 Å². The molecule has 4 heavy (non-hydrogen) atoms. The maximum Gasteiger partial charge on any atom is 0.0602 e. The fraction of sp³-hybridized carbons (Fsp3) is 1.00. The molecule has 0 bridgehead atoms. The first-order chi connectivity index (χ1) is 1.41. The topological polar surface area (TPSA) is 0 Å². The van der Waals surface area contributed by atoms with Crippen molar-refractivity contribution in [1.82, 2.24) is 0 Å². The minimum Gasteiger partial charge on any atom is -0.1000 e. The van der Waals surface area contributed by atoms with Crippen LogP contribution in [0.3, 0.4) is 0 Å². The summed E-state index contributed by atoms with van der Waals surface area (Å²) < 4.78 is 0. The molecule has 0 aliphatic rings. The van der Waals surface area contributed by atoms with Crippen molar-refractivity contribution in [3.63, 3.8) is 0 Å². The Labute approximate surface area is 41.7 Å². The van der Waals surface area contributed by atoms with Gasteiger partial charge in [0.2, 0.25) is 0 Å². The van der Waals surface area contributed by atoms with E-state index in [1.807, 2.05) is 0 Å². The first kappa shape index (κ1) is 8.84. The SMILES string of the molecule is [B]C[SiH3].[Fe]. The van der Waals surface area contributed by atoms with Crippen LogP contribution in [0.25, 0.3) is 0 Å². The molecule has 0 aromatic heterocycles. The normalized spacial score (nSPS) is 5.00. The molecule has 24 valence electrons. The third kappa shape index (κ3) is 14.2. The zero-order valence-electron chi connectivity index (χ0n) is 2.64. The van der Waals surface area contributed by atoms with Crippen molar-refractivity contribution in [2.45, 2.75) is 5.94 Å². The minimum atomic E-state index is 0. The summed E-state index contributed by atoms with van der Waals surface area (Å²) in [6.07, 6.45) is 0. The summed E-state index contributed by atoms with van der Waals surface area (Å²) in [5.41, 5.74) is 0. The fourth-order valence-corrected chi connectivity index (χ4v) is 0. The fourth-order valence-electron chi connectivity index (χ4n) is 0. The summed E-state index contributed by atoms with van der Waals surface area (Å²) in [7, 11) is 6.06. The van der Waals surface area contributed by atoms with E-state index in [-0.39, 0.29) is 17.1 Å². The Bertz CT molecular complexity index is 8.00. The molecule has 0 N–H and O–H groups in total. The summed E-state index contributed by atoms with van der Waals surface area (Å²) in [6, 6.07) is 0. The van der Waals surface area contributed by atoms with Crippen molar-refractivity contribution >= 4 is 18.1 Å². The Kier molecular flexibility index (Phi) is 20.3. The average molecular weight is 112 g/mol. The molecule has 0 saturated carbocycles. The zero-order valence-corrected chi connectivity index (χ0v) is 5.74. The van der Waals surface area contributed by atoms with Crippen LogP contribution in [0, 0.1) is 0 Å². The standard InChI is InChI=1S/CH5BSi.Fe/c2-1-3;/h1H2,3H3;. The van der Waals surface area contributed by atoms with Gasteiger partial charge < -0.3 is 0 Å². The molecule has 0 heterocycles. The quantitative estimate of drug-likeness (QED) is 0.348. The zero-order chi connectivity index (χ0) is 2.71. The molecule has 0 unspecified atom stereocenters. The van der Waals surface area contributed by atoms with E-state index in [1.165, 1.54) is 0 Å². The average Bonchev–Trinajstić information content (AvgIpc) is 0.918. The molecule has 0 spiro atoms. The molecule has 2 radical (unpaired) electrons. The molecule has 0 rings (SSSR count). The Morgan fingerprint density at radius 1 is 1.75 bits per heavy atom. The Morgan fingerprint density at radius 3 is 1.75 bits per heavy atom. The Hall–Kier alpha value is 0.801. The van der Waals surface area contributed by atoms with Gasteiger partial charge in [-0.1, -0.05) is 5.94 Å². The van der Waals surface area contributed by atoms with Crippen LogP contribution in [0.5, 0.6) is 0 Å².